The Hall–Kier alpha value is -2.63. The van der Waals surface area contributed by atoms with Crippen molar-refractivity contribution in [1.29, 1.82) is 0 Å². The third-order valence-electron chi connectivity index (χ3n) is 3.01. The first-order valence-electron chi connectivity index (χ1n) is 6.40. The maximum absolute atomic E-state index is 12.2. The number of carboxylic acid groups (broad SMARTS) is 1. The molecule has 0 fully saturated rings. The average Bonchev–Trinajstić information content (AvgIpc) is 2.44. The first-order chi connectivity index (χ1) is 9.86. The lowest BCUT2D eigenvalue weighted by atomic mass is 10.0. The van der Waals surface area contributed by atoms with Gasteiger partial charge in [0.15, 0.2) is 0 Å². The number of rotatable bonds is 5. The van der Waals surface area contributed by atoms with Crippen molar-refractivity contribution >= 4 is 23.9 Å². The standard InChI is InChI=1S/C15H18N2O4/c1-9-11(7-8-13(18)19)5-4-6-12(9)15(21)17-10(2)14(20)16-3/h4-8,10H,1-3H3,(H,16,20)(H,17,21)(H,18,19). The molecule has 0 saturated carbocycles. The number of benzene rings is 1. The summed E-state index contributed by atoms with van der Waals surface area (Å²) in [4.78, 5) is 34.1. The number of hydrogen-bond donors (Lipinski definition) is 3. The zero-order valence-corrected chi connectivity index (χ0v) is 12.1. The Morgan fingerprint density at radius 1 is 1.29 bits per heavy atom. The molecule has 2 amide bonds. The highest BCUT2D eigenvalue weighted by Crippen LogP contribution is 2.15. The minimum absolute atomic E-state index is 0.289. The van der Waals surface area contributed by atoms with E-state index < -0.39 is 12.0 Å². The predicted octanol–water partition coefficient (Wildman–Crippen LogP) is 0.957. The zero-order chi connectivity index (χ0) is 16.0. The fourth-order valence-corrected chi connectivity index (χ4v) is 1.80. The summed E-state index contributed by atoms with van der Waals surface area (Å²) in [6, 6.07) is 4.35. The van der Waals surface area contributed by atoms with Crippen LogP contribution >= 0.6 is 0 Å². The van der Waals surface area contributed by atoms with Gasteiger partial charge in [-0.2, -0.15) is 0 Å². The van der Waals surface area contributed by atoms with Crippen LogP contribution in [-0.2, 0) is 9.59 Å². The van der Waals surface area contributed by atoms with E-state index >= 15 is 0 Å². The van der Waals surface area contributed by atoms with Gasteiger partial charge in [0.1, 0.15) is 6.04 Å². The molecule has 1 aromatic rings. The van der Waals surface area contributed by atoms with Gasteiger partial charge in [0.2, 0.25) is 5.91 Å². The van der Waals surface area contributed by atoms with Crippen LogP contribution in [0.3, 0.4) is 0 Å². The quantitative estimate of drug-likeness (QED) is 0.704. The van der Waals surface area contributed by atoms with Crippen molar-refractivity contribution in [1.82, 2.24) is 10.6 Å². The second-order valence-electron chi connectivity index (χ2n) is 4.50. The van der Waals surface area contributed by atoms with Gasteiger partial charge in [-0.15, -0.1) is 0 Å². The lowest BCUT2D eigenvalue weighted by Crippen LogP contribution is -2.43. The third kappa shape index (κ3) is 4.45. The molecule has 112 valence electrons. The van der Waals surface area contributed by atoms with Gasteiger partial charge in [0.25, 0.3) is 5.91 Å². The molecule has 21 heavy (non-hydrogen) atoms. The Morgan fingerprint density at radius 3 is 2.52 bits per heavy atom. The van der Waals surface area contributed by atoms with E-state index in [1.54, 1.807) is 32.0 Å². The van der Waals surface area contributed by atoms with E-state index in [9.17, 15) is 14.4 Å². The van der Waals surface area contributed by atoms with Crippen LogP contribution < -0.4 is 10.6 Å². The fraction of sp³-hybridized carbons (Fsp3) is 0.267. The summed E-state index contributed by atoms with van der Waals surface area (Å²) < 4.78 is 0. The van der Waals surface area contributed by atoms with Crippen molar-refractivity contribution in [3.05, 3.63) is 41.0 Å². The number of amides is 2. The molecule has 1 aromatic carbocycles. The molecule has 0 radical (unpaired) electrons. The summed E-state index contributed by atoms with van der Waals surface area (Å²) in [5.41, 5.74) is 1.69. The molecule has 6 heteroatoms. The van der Waals surface area contributed by atoms with Crippen molar-refractivity contribution in [3.63, 3.8) is 0 Å². The van der Waals surface area contributed by atoms with Gasteiger partial charge in [-0.1, -0.05) is 12.1 Å². The summed E-state index contributed by atoms with van der Waals surface area (Å²) in [6.45, 7) is 3.31. The normalized spacial score (nSPS) is 12.0. The topological polar surface area (TPSA) is 95.5 Å². The highest BCUT2D eigenvalue weighted by Gasteiger charge is 2.17. The maximum atomic E-state index is 12.2. The molecule has 1 rings (SSSR count). The highest BCUT2D eigenvalue weighted by molar-refractivity contribution is 5.99. The van der Waals surface area contributed by atoms with Gasteiger partial charge >= 0.3 is 5.97 Å². The number of carbonyl (C=O) groups is 3. The summed E-state index contributed by atoms with van der Waals surface area (Å²) in [7, 11) is 1.49. The van der Waals surface area contributed by atoms with Crippen molar-refractivity contribution in [2.24, 2.45) is 0 Å². The van der Waals surface area contributed by atoms with E-state index in [2.05, 4.69) is 10.6 Å². The van der Waals surface area contributed by atoms with Crippen LogP contribution in [0.5, 0.6) is 0 Å². The van der Waals surface area contributed by atoms with E-state index in [0.717, 1.165) is 6.08 Å². The molecule has 0 aliphatic heterocycles. The van der Waals surface area contributed by atoms with E-state index in [1.807, 2.05) is 0 Å². The first-order valence-corrected chi connectivity index (χ1v) is 6.40. The second-order valence-corrected chi connectivity index (χ2v) is 4.50. The molecule has 6 nitrogen and oxygen atoms in total. The lowest BCUT2D eigenvalue weighted by molar-refractivity contribution is -0.131. The molecule has 0 aliphatic rings. The highest BCUT2D eigenvalue weighted by atomic mass is 16.4. The molecule has 0 aliphatic carbocycles. The van der Waals surface area contributed by atoms with Crippen LogP contribution in [0.2, 0.25) is 0 Å². The summed E-state index contributed by atoms with van der Waals surface area (Å²) in [5, 5.41) is 13.7. The molecule has 0 spiro atoms. The first kappa shape index (κ1) is 16.4. The monoisotopic (exact) mass is 290 g/mol. The van der Waals surface area contributed by atoms with Crippen LogP contribution in [0.1, 0.15) is 28.4 Å². The van der Waals surface area contributed by atoms with E-state index in [0.29, 0.717) is 16.7 Å². The number of likely N-dealkylation sites (N-methyl/N-ethyl adjacent to an activating group) is 1. The van der Waals surface area contributed by atoms with Crippen molar-refractivity contribution in [2.75, 3.05) is 7.05 Å². The molecule has 0 heterocycles. The molecule has 0 bridgehead atoms. The summed E-state index contributed by atoms with van der Waals surface area (Å²) in [5.74, 6) is -1.73. The Labute approximate surface area is 122 Å². The van der Waals surface area contributed by atoms with E-state index in [1.165, 1.54) is 13.1 Å². The number of carboxylic acids is 1. The van der Waals surface area contributed by atoms with Gasteiger partial charge < -0.3 is 15.7 Å². The van der Waals surface area contributed by atoms with Crippen molar-refractivity contribution in [3.8, 4) is 0 Å². The average molecular weight is 290 g/mol. The van der Waals surface area contributed by atoms with Gasteiger partial charge in [0, 0.05) is 18.7 Å². The number of aliphatic carboxylic acids is 1. The molecule has 0 aromatic heterocycles. The largest absolute Gasteiger partial charge is 0.478 e. The van der Waals surface area contributed by atoms with Gasteiger partial charge in [0.05, 0.1) is 0 Å². The molecular formula is C15H18N2O4. The summed E-state index contributed by atoms with van der Waals surface area (Å²) in [6.07, 6.45) is 2.44. The Balaban J connectivity index is 2.98. The smallest absolute Gasteiger partial charge is 0.328 e. The van der Waals surface area contributed by atoms with Crippen molar-refractivity contribution in [2.45, 2.75) is 19.9 Å². The van der Waals surface area contributed by atoms with E-state index in [-0.39, 0.29) is 11.8 Å². The minimum atomic E-state index is -1.06. The predicted molar refractivity (Wildman–Crippen MR) is 78.8 cm³/mol. The van der Waals surface area contributed by atoms with E-state index in [4.69, 9.17) is 5.11 Å². The third-order valence-corrected chi connectivity index (χ3v) is 3.01. The number of hydrogen-bond acceptors (Lipinski definition) is 3. The SMILES string of the molecule is CNC(=O)C(C)NC(=O)c1cccc(C=CC(=O)O)c1C. The number of carbonyl (C=O) groups excluding carboxylic acids is 2. The van der Waals surface area contributed by atoms with Crippen LogP contribution in [0.25, 0.3) is 6.08 Å². The molecule has 0 saturated heterocycles. The fourth-order valence-electron chi connectivity index (χ4n) is 1.80. The Bertz CT molecular complexity index is 593. The minimum Gasteiger partial charge on any atom is -0.478 e. The zero-order valence-electron chi connectivity index (χ0n) is 12.1. The number of nitrogens with one attached hydrogen (secondary N) is 2. The van der Waals surface area contributed by atoms with Crippen LogP contribution in [0.4, 0.5) is 0 Å². The summed E-state index contributed by atoms with van der Waals surface area (Å²) >= 11 is 0. The van der Waals surface area contributed by atoms with Crippen LogP contribution in [-0.4, -0.2) is 36.0 Å². The Morgan fingerprint density at radius 2 is 1.95 bits per heavy atom. The maximum Gasteiger partial charge on any atom is 0.328 e. The van der Waals surface area contributed by atoms with Crippen LogP contribution in [0, 0.1) is 6.92 Å². The Kier molecular flexibility index (Phi) is 5.66. The van der Waals surface area contributed by atoms with Crippen molar-refractivity contribution < 1.29 is 19.5 Å². The van der Waals surface area contributed by atoms with Gasteiger partial charge in [-0.3, -0.25) is 9.59 Å². The molecule has 1 unspecified atom stereocenters. The molecule has 1 atom stereocenters. The van der Waals surface area contributed by atoms with Crippen LogP contribution in [0.15, 0.2) is 24.3 Å². The van der Waals surface area contributed by atoms with Gasteiger partial charge in [-0.25, -0.2) is 4.79 Å². The second kappa shape index (κ2) is 7.23. The molecular weight excluding hydrogens is 272 g/mol. The lowest BCUT2D eigenvalue weighted by Gasteiger charge is -2.14. The molecule has 3 N–H and O–H groups in total. The van der Waals surface area contributed by atoms with Gasteiger partial charge in [-0.05, 0) is 37.1 Å².